The molecule has 0 fully saturated rings. The Balaban J connectivity index is 0.000000489. The van der Waals surface area contributed by atoms with Crippen molar-refractivity contribution in [2.75, 3.05) is 118 Å². The summed E-state index contributed by atoms with van der Waals surface area (Å²) >= 11 is 0. The lowest BCUT2D eigenvalue weighted by Gasteiger charge is -2.26. The van der Waals surface area contributed by atoms with Crippen LogP contribution in [0.4, 0.5) is 9.59 Å². The van der Waals surface area contributed by atoms with E-state index in [4.69, 9.17) is 44.1 Å². The first-order chi connectivity index (χ1) is 63.4. The van der Waals surface area contributed by atoms with Crippen LogP contribution in [-0.2, 0) is 110 Å². The molecule has 135 heavy (non-hydrogen) atoms. The number of hydrogen-bond acceptors (Lipinski definition) is 25. The largest absolute Gasteiger partial charge is 0.481 e. The fourth-order valence-corrected chi connectivity index (χ4v) is 14.2. The van der Waals surface area contributed by atoms with Crippen LogP contribution in [0.3, 0.4) is 0 Å². The topological polar surface area (TPSA) is 536 Å². The van der Waals surface area contributed by atoms with Gasteiger partial charge in [0.2, 0.25) is 47.3 Å². The molecule has 39 nitrogen and oxygen atoms in total. The van der Waals surface area contributed by atoms with Gasteiger partial charge in [0.05, 0.1) is 58.0 Å². The van der Waals surface area contributed by atoms with Crippen molar-refractivity contribution in [1.82, 2.24) is 50.7 Å². The molecule has 0 radical (unpaired) electrons. The second kappa shape index (κ2) is 54.6. The molecule has 0 aliphatic heterocycles. The molecule has 6 rings (SSSR count). The number of aliphatic carboxylic acids is 4. The second-order valence-corrected chi connectivity index (χ2v) is 36.3. The second-order valence-electron chi connectivity index (χ2n) is 36.3. The monoisotopic (exact) mass is 1890 g/mol. The zero-order valence-corrected chi connectivity index (χ0v) is 79.1. The number of esters is 3. The van der Waals surface area contributed by atoms with Gasteiger partial charge < -0.3 is 94.8 Å². The molecule has 0 saturated heterocycles. The summed E-state index contributed by atoms with van der Waals surface area (Å²) in [7, 11) is 0. The van der Waals surface area contributed by atoms with Gasteiger partial charge >= 0.3 is 54.0 Å². The van der Waals surface area contributed by atoms with Crippen LogP contribution >= 0.6 is 0 Å². The predicted octanol–water partition coefficient (Wildman–Crippen LogP) is 7.61. The highest BCUT2D eigenvalue weighted by atomic mass is 16.6. The lowest BCUT2D eigenvalue weighted by molar-refractivity contribution is -0.157. The van der Waals surface area contributed by atoms with Crippen molar-refractivity contribution in [1.29, 1.82) is 0 Å². The van der Waals surface area contributed by atoms with Crippen LogP contribution < -0.4 is 21.3 Å². The number of amides is 10. The summed E-state index contributed by atoms with van der Waals surface area (Å²) in [6.07, 6.45) is -6.41. The molecule has 39 heteroatoms. The summed E-state index contributed by atoms with van der Waals surface area (Å²) in [5.74, 6) is -13.1. The fourth-order valence-electron chi connectivity index (χ4n) is 14.2. The van der Waals surface area contributed by atoms with Crippen LogP contribution in [0.1, 0.15) is 220 Å². The number of ether oxygens (including phenoxy) is 5. The Morgan fingerprint density at radius 1 is 0.274 bits per heavy atom. The zero-order valence-electron chi connectivity index (χ0n) is 79.1. The minimum Gasteiger partial charge on any atom is -0.481 e. The lowest BCUT2D eigenvalue weighted by atomic mass is 9.89. The van der Waals surface area contributed by atoms with Gasteiger partial charge in [-0.3, -0.25) is 86.3 Å². The number of fused-ring (bicyclic) bond motifs is 6. The van der Waals surface area contributed by atoms with Crippen LogP contribution in [-0.4, -0.2) is 303 Å². The van der Waals surface area contributed by atoms with E-state index in [0.717, 1.165) is 59.2 Å². The summed E-state index contributed by atoms with van der Waals surface area (Å²) < 4.78 is 27.3. The smallest absolute Gasteiger partial charge is 0.407 e. The van der Waals surface area contributed by atoms with Crippen molar-refractivity contribution in [3.63, 3.8) is 0 Å². The molecular weight excluding hydrogens is 1760 g/mol. The molecule has 738 valence electrons. The van der Waals surface area contributed by atoms with Crippen molar-refractivity contribution in [3.05, 3.63) is 119 Å². The third-order valence-electron chi connectivity index (χ3n) is 21.1. The van der Waals surface area contributed by atoms with Gasteiger partial charge in [0.1, 0.15) is 60.5 Å². The number of alkyl carbamates (subject to hydrolysis) is 2. The summed E-state index contributed by atoms with van der Waals surface area (Å²) in [6, 6.07) is 31.0. The molecule has 8 N–H and O–H groups in total. The Bertz CT molecular complexity index is 4630. The summed E-state index contributed by atoms with van der Waals surface area (Å²) in [6.45, 7) is 16.2. The highest BCUT2D eigenvalue weighted by Crippen LogP contribution is 2.46. The molecule has 0 unspecified atom stereocenters. The number of nitrogens with zero attached hydrogens (tertiary/aromatic N) is 6. The van der Waals surface area contributed by atoms with Crippen LogP contribution in [0, 0.1) is 5.41 Å². The number of carbonyl (C=O) groups excluding carboxylic acids is 16. The van der Waals surface area contributed by atoms with E-state index in [9.17, 15) is 95.9 Å². The molecule has 0 bridgehead atoms. The van der Waals surface area contributed by atoms with E-state index < -0.39 is 187 Å². The molecule has 0 atom stereocenters. The van der Waals surface area contributed by atoms with Crippen LogP contribution in [0.5, 0.6) is 0 Å². The zero-order chi connectivity index (χ0) is 101. The minimum atomic E-state index is -1.22. The molecule has 2 aliphatic carbocycles. The van der Waals surface area contributed by atoms with E-state index in [1.54, 1.807) is 83.1 Å². The lowest BCUT2D eigenvalue weighted by Crippen LogP contribution is -2.45. The maximum absolute atomic E-state index is 13.8. The predicted molar refractivity (Wildman–Crippen MR) is 488 cm³/mol. The average molecular weight is 1890 g/mol. The minimum absolute atomic E-state index is 0.00236. The number of carboxylic acid groups (broad SMARTS) is 4. The van der Waals surface area contributed by atoms with Crippen molar-refractivity contribution in [2.24, 2.45) is 5.41 Å². The van der Waals surface area contributed by atoms with E-state index in [-0.39, 0.29) is 186 Å². The molecule has 0 aromatic heterocycles. The standard InChI is InChI=1S/C56H81N5O14.C40H49N5O15/c1-53(2,3)44(63)24-30-61(34-28-51(70)75-56(10,11)12)47(66)35-57-45(64)25-31-60(48(67)36-58-52(71)72-37-43-41-19-15-13-17-39(41)40-18-14-16-20-42(40)43)29-23-38(62)21-22-46(65)59(32-26-49(68)73-54(4,5)6)33-27-50(69)74-55(7,8)9;46-26(9-10-33(48)43(19-13-36(51)52)20-14-37(53)54)11-17-44(18-12-32(47)41-23-34(49)45(21-15-38(55)56)22-16-39(57)58)35(50)24-42-40(59)60-25-31-29-7-3-1-5-27(29)28-6-2-4-8-30(28)31/h13-20,43H,21-37H2,1-12H3,(H,57,64)(H,58,71);1-8,31H,9-25H2,(H,41,47)(H,42,59)(H,51,52)(H,53,54)(H,55,56)(H,57,58). The van der Waals surface area contributed by atoms with Crippen LogP contribution in [0.2, 0.25) is 0 Å². The number of Topliss-reactive ketones (excluding diaryl/α,β-unsaturated/α-hetero) is 3. The normalized spacial score (nSPS) is 11.9. The number of carboxylic acids is 4. The number of benzene rings is 4. The van der Waals surface area contributed by atoms with E-state index >= 15 is 0 Å². The van der Waals surface area contributed by atoms with E-state index in [2.05, 4.69) is 21.3 Å². The van der Waals surface area contributed by atoms with Crippen LogP contribution in [0.25, 0.3) is 22.3 Å². The molecule has 4 aromatic rings. The van der Waals surface area contributed by atoms with Gasteiger partial charge in [0, 0.05) is 154 Å². The summed E-state index contributed by atoms with van der Waals surface area (Å²) in [4.78, 5) is 259. The Morgan fingerprint density at radius 2 is 0.504 bits per heavy atom. The van der Waals surface area contributed by atoms with E-state index in [1.165, 1.54) is 14.7 Å². The number of rotatable bonds is 54. The third kappa shape index (κ3) is 42.5. The maximum Gasteiger partial charge on any atom is 0.407 e. The van der Waals surface area contributed by atoms with Crippen molar-refractivity contribution in [2.45, 2.75) is 214 Å². The van der Waals surface area contributed by atoms with Crippen molar-refractivity contribution >= 4 is 119 Å². The first-order valence-electron chi connectivity index (χ1n) is 44.8. The number of nitrogens with one attached hydrogen (secondary N) is 4. The van der Waals surface area contributed by atoms with Gasteiger partial charge in [-0.25, -0.2) is 9.59 Å². The van der Waals surface area contributed by atoms with E-state index in [0.29, 0.717) is 0 Å². The van der Waals surface area contributed by atoms with Gasteiger partial charge in [-0.2, -0.15) is 0 Å². The molecule has 2 aliphatic rings. The molecule has 10 amide bonds. The van der Waals surface area contributed by atoms with Gasteiger partial charge in [0.25, 0.3) is 0 Å². The van der Waals surface area contributed by atoms with Gasteiger partial charge in [-0.05, 0) is 107 Å². The number of carbonyl (C=O) groups is 20. The quantitative estimate of drug-likeness (QED) is 0.0156. The van der Waals surface area contributed by atoms with E-state index in [1.807, 2.05) is 97.1 Å². The van der Waals surface area contributed by atoms with Gasteiger partial charge in [-0.1, -0.05) is 118 Å². The molecule has 0 saturated carbocycles. The summed E-state index contributed by atoms with van der Waals surface area (Å²) in [5.41, 5.74) is 5.12. The highest BCUT2D eigenvalue weighted by Gasteiger charge is 2.34. The highest BCUT2D eigenvalue weighted by molar-refractivity contribution is 5.92. The van der Waals surface area contributed by atoms with Crippen molar-refractivity contribution in [3.8, 4) is 22.3 Å². The Morgan fingerprint density at radius 3 is 0.763 bits per heavy atom. The first-order valence-corrected chi connectivity index (χ1v) is 44.8. The molecule has 4 aromatic carbocycles. The van der Waals surface area contributed by atoms with Gasteiger partial charge in [0.15, 0.2) is 0 Å². The Labute approximate surface area is 785 Å². The number of ketones is 3. The van der Waals surface area contributed by atoms with Gasteiger partial charge in [-0.15, -0.1) is 0 Å². The van der Waals surface area contributed by atoms with Crippen LogP contribution in [0.15, 0.2) is 97.1 Å². The summed E-state index contributed by atoms with van der Waals surface area (Å²) in [5, 5.41) is 45.7. The Kier molecular flexibility index (Phi) is 45.3. The molecule has 0 heterocycles. The maximum atomic E-state index is 13.8. The van der Waals surface area contributed by atoms with Crippen molar-refractivity contribution < 1.29 is 140 Å². The first kappa shape index (κ1) is 112. The Hall–Kier alpha value is -13.5. The fraction of sp³-hybridized carbons (Fsp3) is 0.542. The third-order valence-corrected chi connectivity index (χ3v) is 21.1. The average Bonchev–Trinajstić information content (AvgIpc) is 1.62. The molecular formula is C96H130N10O29. The SMILES string of the molecule is CC(C)(C)OC(=O)CCN(CCC(=O)OC(C)(C)C)C(=O)CCC(=O)CCN(CCC(=O)NCC(=O)N(CCC(=O)OC(C)(C)C)CCC(=O)C(C)(C)C)C(=O)CNC(=O)OCC1c2ccccc2-c2ccccc21.O=C(O)CCN(CCC(=O)O)C(=O)CCC(=O)CCN(CCC(=O)NCC(=O)N(CCC(=O)O)CCC(=O)O)C(=O)CNC(=O)OCC1c2ccccc2-c2ccccc21. The molecule has 0 spiro atoms. The number of hydrogen-bond donors (Lipinski definition) is 8.